The van der Waals surface area contributed by atoms with Crippen molar-refractivity contribution in [1.29, 1.82) is 0 Å². The number of hydrogen-bond donors (Lipinski definition) is 0. The molecule has 2 nitrogen and oxygen atoms in total. The lowest BCUT2D eigenvalue weighted by Gasteiger charge is -2.03. The fourth-order valence-electron chi connectivity index (χ4n) is 1.71. The number of rotatable bonds is 5. The molecule has 0 saturated heterocycles. The van der Waals surface area contributed by atoms with E-state index in [4.69, 9.17) is 11.6 Å². The first kappa shape index (κ1) is 12.1. The lowest BCUT2D eigenvalue weighted by atomic mass is 10.1. The largest absolute Gasteiger partial charge is 0.255 e. The van der Waals surface area contributed by atoms with Crippen LogP contribution in [-0.2, 0) is 6.42 Å². The van der Waals surface area contributed by atoms with Gasteiger partial charge in [0.05, 0.1) is 11.4 Å². The van der Waals surface area contributed by atoms with Gasteiger partial charge in [0.2, 0.25) is 0 Å². The minimum absolute atomic E-state index is 0.734. The molecule has 2 aromatic rings. The zero-order chi connectivity index (χ0) is 11.9. The van der Waals surface area contributed by atoms with Crippen molar-refractivity contribution in [3.05, 3.63) is 48.3 Å². The first-order valence-corrected chi connectivity index (χ1v) is 6.36. The fourth-order valence-corrected chi connectivity index (χ4v) is 1.90. The topological polar surface area (TPSA) is 25.8 Å². The summed E-state index contributed by atoms with van der Waals surface area (Å²) < 4.78 is 0. The van der Waals surface area contributed by atoms with E-state index in [9.17, 15) is 0 Å². The van der Waals surface area contributed by atoms with Crippen molar-refractivity contribution in [2.75, 3.05) is 5.88 Å². The third-order valence-electron chi connectivity index (χ3n) is 2.60. The van der Waals surface area contributed by atoms with Crippen LogP contribution in [0.3, 0.4) is 0 Å². The minimum Gasteiger partial charge on any atom is -0.255 e. The third kappa shape index (κ3) is 3.53. The molecule has 0 amide bonds. The van der Waals surface area contributed by atoms with Crippen LogP contribution in [0.25, 0.3) is 11.4 Å². The predicted octanol–water partition coefficient (Wildman–Crippen LogP) is 3.71. The summed E-state index contributed by atoms with van der Waals surface area (Å²) in [7, 11) is 0. The van der Waals surface area contributed by atoms with Crippen LogP contribution in [0.5, 0.6) is 0 Å². The Morgan fingerprint density at radius 1 is 0.941 bits per heavy atom. The molecule has 0 aliphatic rings. The predicted molar refractivity (Wildman–Crippen MR) is 71.1 cm³/mol. The second-order valence-electron chi connectivity index (χ2n) is 3.91. The highest BCUT2D eigenvalue weighted by atomic mass is 35.5. The Balaban J connectivity index is 2.12. The van der Waals surface area contributed by atoms with Gasteiger partial charge in [-0.2, -0.15) is 0 Å². The molecule has 2 heterocycles. The van der Waals surface area contributed by atoms with E-state index in [1.54, 1.807) is 6.20 Å². The zero-order valence-corrected chi connectivity index (χ0v) is 10.4. The van der Waals surface area contributed by atoms with Crippen LogP contribution in [0.4, 0.5) is 0 Å². The lowest BCUT2D eigenvalue weighted by molar-refractivity contribution is 0.799. The van der Waals surface area contributed by atoms with Gasteiger partial charge in [0.15, 0.2) is 0 Å². The Morgan fingerprint density at radius 3 is 2.59 bits per heavy atom. The van der Waals surface area contributed by atoms with Gasteiger partial charge in [0.25, 0.3) is 0 Å². The Kier molecular flexibility index (Phi) is 4.51. The summed E-state index contributed by atoms with van der Waals surface area (Å²) in [5.74, 6) is 0.734. The summed E-state index contributed by atoms with van der Waals surface area (Å²) in [5.41, 5.74) is 3.16. The molecule has 0 radical (unpaired) electrons. The van der Waals surface area contributed by atoms with Crippen molar-refractivity contribution in [2.45, 2.75) is 19.3 Å². The Morgan fingerprint density at radius 2 is 1.82 bits per heavy atom. The average molecular weight is 247 g/mol. The molecule has 0 aliphatic carbocycles. The zero-order valence-electron chi connectivity index (χ0n) is 9.64. The number of aromatic nitrogens is 2. The number of aryl methyl sites for hydroxylation is 1. The van der Waals surface area contributed by atoms with Crippen molar-refractivity contribution < 1.29 is 0 Å². The number of alkyl halides is 1. The number of pyridine rings is 2. The van der Waals surface area contributed by atoms with Gasteiger partial charge in [-0.15, -0.1) is 11.6 Å². The van der Waals surface area contributed by atoms with E-state index in [1.807, 2.05) is 24.4 Å². The SMILES string of the molecule is ClCCCCc1ccnc(-c2ccccn2)c1. The highest BCUT2D eigenvalue weighted by molar-refractivity contribution is 6.17. The molecule has 88 valence electrons. The van der Waals surface area contributed by atoms with Gasteiger partial charge < -0.3 is 0 Å². The molecule has 0 N–H and O–H groups in total. The van der Waals surface area contributed by atoms with Gasteiger partial charge in [-0.25, -0.2) is 0 Å². The summed E-state index contributed by atoms with van der Waals surface area (Å²) in [5, 5.41) is 0. The maximum Gasteiger partial charge on any atom is 0.0888 e. The maximum absolute atomic E-state index is 5.67. The number of halogens is 1. The van der Waals surface area contributed by atoms with Crippen LogP contribution in [-0.4, -0.2) is 15.8 Å². The third-order valence-corrected chi connectivity index (χ3v) is 2.87. The van der Waals surface area contributed by atoms with E-state index in [0.717, 1.165) is 36.5 Å². The molecule has 2 rings (SSSR count). The van der Waals surface area contributed by atoms with Gasteiger partial charge in [-0.1, -0.05) is 6.07 Å². The van der Waals surface area contributed by atoms with E-state index in [0.29, 0.717) is 0 Å². The van der Waals surface area contributed by atoms with Crippen molar-refractivity contribution in [3.63, 3.8) is 0 Å². The van der Waals surface area contributed by atoms with Crippen LogP contribution in [0.15, 0.2) is 42.7 Å². The molecule has 0 fully saturated rings. The second-order valence-corrected chi connectivity index (χ2v) is 4.29. The van der Waals surface area contributed by atoms with Crippen LogP contribution < -0.4 is 0 Å². The molecule has 3 heteroatoms. The Hall–Kier alpha value is -1.41. The summed E-state index contributed by atoms with van der Waals surface area (Å²) >= 11 is 5.67. The number of unbranched alkanes of at least 4 members (excludes halogenated alkanes) is 1. The summed E-state index contributed by atoms with van der Waals surface area (Å²) in [6.45, 7) is 0. The Labute approximate surface area is 107 Å². The van der Waals surface area contributed by atoms with E-state index in [1.165, 1.54) is 5.56 Å². The van der Waals surface area contributed by atoms with Crippen molar-refractivity contribution in [3.8, 4) is 11.4 Å². The van der Waals surface area contributed by atoms with Gasteiger partial charge >= 0.3 is 0 Å². The van der Waals surface area contributed by atoms with Gasteiger partial charge in [0, 0.05) is 18.3 Å². The minimum atomic E-state index is 0.734. The summed E-state index contributed by atoms with van der Waals surface area (Å²) in [4.78, 5) is 8.65. The molecule has 0 atom stereocenters. The quantitative estimate of drug-likeness (QED) is 0.594. The highest BCUT2D eigenvalue weighted by Crippen LogP contribution is 2.15. The van der Waals surface area contributed by atoms with E-state index in [2.05, 4.69) is 22.1 Å². The summed E-state index contributed by atoms with van der Waals surface area (Å²) in [6.07, 6.45) is 6.87. The number of hydrogen-bond acceptors (Lipinski definition) is 2. The molecule has 0 unspecified atom stereocenters. The monoisotopic (exact) mass is 246 g/mol. The Bertz CT molecular complexity index is 457. The van der Waals surface area contributed by atoms with Gasteiger partial charge in [-0.05, 0) is 49.1 Å². The molecule has 0 aromatic carbocycles. The maximum atomic E-state index is 5.67. The normalized spacial score (nSPS) is 10.4. The van der Waals surface area contributed by atoms with Crippen molar-refractivity contribution >= 4 is 11.6 Å². The van der Waals surface area contributed by atoms with Crippen molar-refractivity contribution in [1.82, 2.24) is 9.97 Å². The van der Waals surface area contributed by atoms with Crippen LogP contribution in [0.1, 0.15) is 18.4 Å². The first-order valence-electron chi connectivity index (χ1n) is 5.82. The van der Waals surface area contributed by atoms with Crippen LogP contribution in [0, 0.1) is 0 Å². The second kappa shape index (κ2) is 6.36. The lowest BCUT2D eigenvalue weighted by Crippen LogP contribution is -1.91. The molecular formula is C14H15ClN2. The fraction of sp³-hybridized carbons (Fsp3) is 0.286. The molecule has 0 aliphatic heterocycles. The number of nitrogens with zero attached hydrogens (tertiary/aromatic N) is 2. The van der Waals surface area contributed by atoms with Gasteiger partial charge in [-0.3, -0.25) is 9.97 Å². The standard InChI is InChI=1S/C14H15ClN2/c15-8-3-1-5-12-7-10-17-14(11-12)13-6-2-4-9-16-13/h2,4,6-7,9-11H,1,3,5,8H2. The first-order chi connectivity index (χ1) is 8.40. The molecule has 2 aromatic heterocycles. The average Bonchev–Trinajstić information content (AvgIpc) is 2.41. The van der Waals surface area contributed by atoms with Crippen LogP contribution >= 0.6 is 11.6 Å². The molecular weight excluding hydrogens is 232 g/mol. The van der Waals surface area contributed by atoms with E-state index < -0.39 is 0 Å². The highest BCUT2D eigenvalue weighted by Gasteiger charge is 2.01. The molecule has 17 heavy (non-hydrogen) atoms. The summed E-state index contributed by atoms with van der Waals surface area (Å²) in [6, 6.07) is 10.0. The molecule has 0 spiro atoms. The van der Waals surface area contributed by atoms with E-state index in [-0.39, 0.29) is 0 Å². The smallest absolute Gasteiger partial charge is 0.0888 e. The molecule has 0 saturated carbocycles. The van der Waals surface area contributed by atoms with Gasteiger partial charge in [0.1, 0.15) is 0 Å². The van der Waals surface area contributed by atoms with Crippen molar-refractivity contribution in [2.24, 2.45) is 0 Å². The molecule has 0 bridgehead atoms. The van der Waals surface area contributed by atoms with Crippen LogP contribution in [0.2, 0.25) is 0 Å². The van der Waals surface area contributed by atoms with E-state index >= 15 is 0 Å².